The molecule has 0 spiro atoms. The van der Waals surface area contributed by atoms with E-state index in [1.807, 2.05) is 0 Å². The van der Waals surface area contributed by atoms with Crippen molar-refractivity contribution in [3.8, 4) is 0 Å². The molecule has 70 valence electrons. The summed E-state index contributed by atoms with van der Waals surface area (Å²) < 4.78 is 0. The Bertz CT molecular complexity index is 160. The number of hydrogen-bond donors (Lipinski definition) is 1. The number of allylic oxidation sites excluding steroid dienone is 2. The minimum atomic E-state index is 0.670. The fraction of sp³-hybridized carbons (Fsp3) is 0.818. The van der Waals surface area contributed by atoms with Crippen molar-refractivity contribution in [2.24, 2.45) is 5.92 Å². The molecule has 0 aromatic rings. The second kappa shape index (κ2) is 4.54. The Morgan fingerprint density at radius 1 is 1.17 bits per heavy atom. The Kier molecular flexibility index (Phi) is 3.64. The second-order valence-corrected chi connectivity index (χ2v) is 3.98. The van der Waals surface area contributed by atoms with Gasteiger partial charge in [0.2, 0.25) is 0 Å². The maximum Gasteiger partial charge on any atom is 0.0122 e. The van der Waals surface area contributed by atoms with Crippen molar-refractivity contribution in [1.82, 2.24) is 5.32 Å². The van der Waals surface area contributed by atoms with Gasteiger partial charge in [-0.05, 0) is 31.6 Å². The Labute approximate surface area is 76.2 Å². The Morgan fingerprint density at radius 3 is 2.17 bits per heavy atom. The van der Waals surface area contributed by atoms with E-state index in [9.17, 15) is 0 Å². The fourth-order valence-corrected chi connectivity index (χ4v) is 2.12. The van der Waals surface area contributed by atoms with Crippen LogP contribution in [0.25, 0.3) is 0 Å². The second-order valence-electron chi connectivity index (χ2n) is 3.98. The van der Waals surface area contributed by atoms with E-state index in [-0.39, 0.29) is 0 Å². The lowest BCUT2D eigenvalue weighted by Crippen LogP contribution is -2.16. The molecule has 1 fully saturated rings. The van der Waals surface area contributed by atoms with Gasteiger partial charge >= 0.3 is 0 Å². The zero-order valence-electron chi connectivity index (χ0n) is 8.61. The highest BCUT2D eigenvalue weighted by Crippen LogP contribution is 2.27. The predicted molar refractivity (Wildman–Crippen MR) is 54.0 cm³/mol. The van der Waals surface area contributed by atoms with Crippen molar-refractivity contribution >= 4 is 0 Å². The summed E-state index contributed by atoms with van der Waals surface area (Å²) in [6.45, 7) is 4.54. The highest BCUT2D eigenvalue weighted by Gasteiger charge is 2.12. The zero-order chi connectivity index (χ0) is 8.97. The lowest BCUT2D eigenvalue weighted by atomic mass is 9.90. The summed E-state index contributed by atoms with van der Waals surface area (Å²) >= 11 is 0. The standard InChI is InChI=1S/C11H21N/c1-9(2)11(12-3)10-7-5-4-6-8-10/h9,12H,4-8H2,1-3H3. The largest absolute Gasteiger partial charge is 0.391 e. The van der Waals surface area contributed by atoms with E-state index >= 15 is 0 Å². The molecule has 0 aromatic carbocycles. The summed E-state index contributed by atoms with van der Waals surface area (Å²) in [7, 11) is 2.05. The highest BCUT2D eigenvalue weighted by atomic mass is 14.8. The van der Waals surface area contributed by atoms with Crippen LogP contribution in [-0.4, -0.2) is 7.05 Å². The molecule has 0 unspecified atom stereocenters. The molecule has 0 bridgehead atoms. The van der Waals surface area contributed by atoms with Crippen LogP contribution in [0.15, 0.2) is 11.3 Å². The van der Waals surface area contributed by atoms with Crippen LogP contribution >= 0.6 is 0 Å². The van der Waals surface area contributed by atoms with Crippen LogP contribution in [0, 0.1) is 5.92 Å². The van der Waals surface area contributed by atoms with Crippen LogP contribution in [0.3, 0.4) is 0 Å². The summed E-state index contributed by atoms with van der Waals surface area (Å²) in [4.78, 5) is 0. The molecule has 0 heterocycles. The van der Waals surface area contributed by atoms with Crippen molar-refractivity contribution < 1.29 is 0 Å². The average molecular weight is 167 g/mol. The molecule has 0 saturated heterocycles. The third kappa shape index (κ3) is 2.26. The first kappa shape index (κ1) is 9.63. The molecular formula is C11H21N. The molecule has 12 heavy (non-hydrogen) atoms. The van der Waals surface area contributed by atoms with Crippen molar-refractivity contribution in [1.29, 1.82) is 0 Å². The lowest BCUT2D eigenvalue weighted by molar-refractivity contribution is 0.565. The summed E-state index contributed by atoms with van der Waals surface area (Å²) in [6, 6.07) is 0. The minimum absolute atomic E-state index is 0.670. The molecule has 1 heteroatoms. The van der Waals surface area contributed by atoms with Crippen molar-refractivity contribution in [3.05, 3.63) is 11.3 Å². The Balaban J connectivity index is 2.68. The third-order valence-corrected chi connectivity index (χ3v) is 2.68. The number of rotatable bonds is 2. The molecule has 1 saturated carbocycles. The average Bonchev–Trinajstić information content (AvgIpc) is 2.07. The molecule has 0 aromatic heterocycles. The van der Waals surface area contributed by atoms with Crippen molar-refractivity contribution in [2.45, 2.75) is 46.0 Å². The van der Waals surface area contributed by atoms with Gasteiger partial charge in [0.15, 0.2) is 0 Å². The molecular weight excluding hydrogens is 146 g/mol. The van der Waals surface area contributed by atoms with E-state index < -0.39 is 0 Å². The van der Waals surface area contributed by atoms with Crippen LogP contribution in [0.1, 0.15) is 46.0 Å². The SMILES string of the molecule is CNC(=C1CCCCC1)C(C)C. The Morgan fingerprint density at radius 2 is 1.75 bits per heavy atom. The smallest absolute Gasteiger partial charge is 0.0122 e. The molecule has 1 N–H and O–H groups in total. The normalized spacial score (nSPS) is 18.2. The Hall–Kier alpha value is -0.460. The molecule has 0 radical (unpaired) electrons. The zero-order valence-corrected chi connectivity index (χ0v) is 8.61. The van der Waals surface area contributed by atoms with Gasteiger partial charge in [-0.2, -0.15) is 0 Å². The molecule has 0 atom stereocenters. The van der Waals surface area contributed by atoms with Gasteiger partial charge < -0.3 is 5.32 Å². The van der Waals surface area contributed by atoms with E-state index in [0.717, 1.165) is 0 Å². The first-order valence-electron chi connectivity index (χ1n) is 5.15. The minimum Gasteiger partial charge on any atom is -0.391 e. The van der Waals surface area contributed by atoms with Crippen molar-refractivity contribution in [3.63, 3.8) is 0 Å². The van der Waals surface area contributed by atoms with Crippen LogP contribution < -0.4 is 5.32 Å². The predicted octanol–water partition coefficient (Wildman–Crippen LogP) is 3.08. The molecule has 0 amide bonds. The molecule has 1 nitrogen and oxygen atoms in total. The summed E-state index contributed by atoms with van der Waals surface area (Å²) in [5, 5.41) is 3.35. The first-order valence-corrected chi connectivity index (χ1v) is 5.15. The lowest BCUT2D eigenvalue weighted by Gasteiger charge is -2.21. The maximum atomic E-state index is 3.35. The third-order valence-electron chi connectivity index (χ3n) is 2.68. The number of hydrogen-bond acceptors (Lipinski definition) is 1. The summed E-state index contributed by atoms with van der Waals surface area (Å²) in [5.41, 5.74) is 3.17. The van der Waals surface area contributed by atoms with Crippen LogP contribution in [0.4, 0.5) is 0 Å². The topological polar surface area (TPSA) is 12.0 Å². The van der Waals surface area contributed by atoms with E-state index in [1.54, 1.807) is 5.57 Å². The van der Waals surface area contributed by atoms with E-state index in [0.29, 0.717) is 5.92 Å². The van der Waals surface area contributed by atoms with Crippen LogP contribution in [-0.2, 0) is 0 Å². The van der Waals surface area contributed by atoms with Crippen molar-refractivity contribution in [2.75, 3.05) is 7.05 Å². The van der Waals surface area contributed by atoms with Crippen LogP contribution in [0.5, 0.6) is 0 Å². The van der Waals surface area contributed by atoms with E-state index in [1.165, 1.54) is 37.8 Å². The quantitative estimate of drug-likeness (QED) is 0.666. The molecule has 1 rings (SSSR count). The van der Waals surface area contributed by atoms with Gasteiger partial charge in [-0.1, -0.05) is 25.8 Å². The van der Waals surface area contributed by atoms with Gasteiger partial charge in [0.1, 0.15) is 0 Å². The fourth-order valence-electron chi connectivity index (χ4n) is 2.12. The van der Waals surface area contributed by atoms with Gasteiger partial charge in [0.25, 0.3) is 0 Å². The molecule has 1 aliphatic rings. The van der Waals surface area contributed by atoms with Crippen LogP contribution in [0.2, 0.25) is 0 Å². The van der Waals surface area contributed by atoms with Gasteiger partial charge in [0, 0.05) is 12.7 Å². The number of nitrogens with one attached hydrogen (secondary N) is 1. The van der Waals surface area contributed by atoms with Gasteiger partial charge in [-0.15, -0.1) is 0 Å². The highest BCUT2D eigenvalue weighted by molar-refractivity contribution is 5.15. The van der Waals surface area contributed by atoms with Gasteiger partial charge in [0.05, 0.1) is 0 Å². The van der Waals surface area contributed by atoms with Gasteiger partial charge in [-0.25, -0.2) is 0 Å². The maximum absolute atomic E-state index is 3.35. The first-order chi connectivity index (χ1) is 5.75. The van der Waals surface area contributed by atoms with E-state index in [2.05, 4.69) is 26.2 Å². The monoisotopic (exact) mass is 167 g/mol. The summed E-state index contributed by atoms with van der Waals surface area (Å²) in [6.07, 6.45) is 6.88. The summed E-state index contributed by atoms with van der Waals surface area (Å²) in [5.74, 6) is 0.670. The molecule has 1 aliphatic carbocycles. The molecule has 0 aliphatic heterocycles. The van der Waals surface area contributed by atoms with E-state index in [4.69, 9.17) is 0 Å². The van der Waals surface area contributed by atoms with Gasteiger partial charge in [-0.3, -0.25) is 0 Å².